The largest absolute Gasteiger partial charge is 0.493 e. The van der Waals surface area contributed by atoms with Gasteiger partial charge < -0.3 is 24.4 Å². The topological polar surface area (TPSA) is 90.0 Å². The van der Waals surface area contributed by atoms with Crippen molar-refractivity contribution in [1.29, 1.82) is 0 Å². The first-order valence-electron chi connectivity index (χ1n) is 10.9. The Kier molecular flexibility index (Phi) is 6.60. The van der Waals surface area contributed by atoms with E-state index in [0.717, 1.165) is 25.7 Å². The van der Waals surface area contributed by atoms with Gasteiger partial charge in [0.25, 0.3) is 11.8 Å². The van der Waals surface area contributed by atoms with Gasteiger partial charge in [-0.3, -0.25) is 14.6 Å². The number of pyridine rings is 1. The number of aromatic nitrogens is 1. The normalized spacial score (nSPS) is 19.6. The summed E-state index contributed by atoms with van der Waals surface area (Å²) in [6.07, 6.45) is 6.66. The van der Waals surface area contributed by atoms with Gasteiger partial charge in [0.05, 0.1) is 31.5 Å². The number of likely N-dealkylation sites (tertiary alicyclic amines) is 1. The fourth-order valence-corrected chi connectivity index (χ4v) is 4.57. The Morgan fingerprint density at radius 3 is 2.56 bits per heavy atom. The Labute approximate surface area is 187 Å². The van der Waals surface area contributed by atoms with Crippen LogP contribution in [-0.2, 0) is 4.74 Å². The number of nitrogens with zero attached hydrogens (tertiary/aromatic N) is 2. The van der Waals surface area contributed by atoms with Gasteiger partial charge in [-0.2, -0.15) is 0 Å². The first kappa shape index (κ1) is 22.1. The Morgan fingerprint density at radius 2 is 1.88 bits per heavy atom. The molecule has 32 heavy (non-hydrogen) atoms. The van der Waals surface area contributed by atoms with E-state index in [1.807, 2.05) is 4.90 Å². The van der Waals surface area contributed by atoms with Gasteiger partial charge in [-0.25, -0.2) is 0 Å². The number of rotatable bonds is 6. The summed E-state index contributed by atoms with van der Waals surface area (Å²) in [6.45, 7) is 1.77. The number of methoxy groups -OCH3 is 2. The van der Waals surface area contributed by atoms with Crippen LogP contribution in [0.25, 0.3) is 0 Å². The summed E-state index contributed by atoms with van der Waals surface area (Å²) in [5, 5.41) is 2.97. The van der Waals surface area contributed by atoms with Crippen LogP contribution < -0.4 is 14.8 Å². The molecule has 1 aromatic heterocycles. The van der Waals surface area contributed by atoms with Crippen LogP contribution >= 0.6 is 0 Å². The molecule has 2 aliphatic heterocycles. The predicted octanol–water partition coefficient (Wildman–Crippen LogP) is 2.68. The molecule has 1 aromatic carbocycles. The van der Waals surface area contributed by atoms with E-state index < -0.39 is 0 Å². The Bertz CT molecular complexity index is 957. The Hall–Kier alpha value is -3.13. The standard InChI is InChI=1S/C24H29N3O5/c1-30-20-5-3-4-19(21(20)31-2)22(28)26-16-18-6-9-24(32-18)10-14-27(15-11-24)23(29)17-7-12-25-13-8-17/h3-5,7-8,12-13,18H,6,9-11,14-16H2,1-2H3,(H,26,28)/t18-/m1/s1. The van der Waals surface area contributed by atoms with Crippen molar-refractivity contribution in [1.82, 2.24) is 15.2 Å². The highest BCUT2D eigenvalue weighted by atomic mass is 16.5. The van der Waals surface area contributed by atoms with Crippen molar-refractivity contribution in [2.45, 2.75) is 37.4 Å². The van der Waals surface area contributed by atoms with Crippen molar-refractivity contribution < 1.29 is 23.8 Å². The van der Waals surface area contributed by atoms with E-state index in [0.29, 0.717) is 42.3 Å². The summed E-state index contributed by atoms with van der Waals surface area (Å²) < 4.78 is 17.0. The summed E-state index contributed by atoms with van der Waals surface area (Å²) in [5.41, 5.74) is 0.886. The molecule has 4 rings (SSSR count). The number of piperidine rings is 1. The van der Waals surface area contributed by atoms with Crippen LogP contribution in [0.1, 0.15) is 46.4 Å². The quantitative estimate of drug-likeness (QED) is 0.744. The molecule has 8 heteroatoms. The fourth-order valence-electron chi connectivity index (χ4n) is 4.57. The molecule has 0 unspecified atom stereocenters. The monoisotopic (exact) mass is 439 g/mol. The molecule has 2 aliphatic rings. The maximum absolute atomic E-state index is 12.7. The predicted molar refractivity (Wildman–Crippen MR) is 118 cm³/mol. The van der Waals surface area contributed by atoms with Gasteiger partial charge in [-0.1, -0.05) is 6.07 Å². The van der Waals surface area contributed by atoms with Crippen LogP contribution in [0.3, 0.4) is 0 Å². The van der Waals surface area contributed by atoms with E-state index >= 15 is 0 Å². The van der Waals surface area contributed by atoms with E-state index in [1.165, 1.54) is 7.11 Å². The van der Waals surface area contributed by atoms with Gasteiger partial charge in [0.15, 0.2) is 11.5 Å². The van der Waals surface area contributed by atoms with Gasteiger partial charge in [0, 0.05) is 37.6 Å². The van der Waals surface area contributed by atoms with E-state index in [2.05, 4.69) is 10.3 Å². The second-order valence-corrected chi connectivity index (χ2v) is 8.24. The third-order valence-electron chi connectivity index (χ3n) is 6.37. The average Bonchev–Trinajstić information content (AvgIpc) is 3.24. The molecule has 8 nitrogen and oxygen atoms in total. The van der Waals surface area contributed by atoms with Crippen LogP contribution in [0.2, 0.25) is 0 Å². The molecule has 170 valence electrons. The summed E-state index contributed by atoms with van der Waals surface area (Å²) in [4.78, 5) is 31.2. The lowest BCUT2D eigenvalue weighted by molar-refractivity contribution is -0.0712. The number of amides is 2. The van der Waals surface area contributed by atoms with Crippen molar-refractivity contribution in [3.05, 3.63) is 53.9 Å². The molecule has 2 fully saturated rings. The molecule has 2 saturated heterocycles. The number of carbonyl (C=O) groups excluding carboxylic acids is 2. The van der Waals surface area contributed by atoms with Gasteiger partial charge in [-0.05, 0) is 49.9 Å². The minimum Gasteiger partial charge on any atom is -0.493 e. The Balaban J connectivity index is 1.29. The number of hydrogen-bond acceptors (Lipinski definition) is 6. The molecule has 0 bridgehead atoms. The van der Waals surface area contributed by atoms with E-state index in [1.54, 1.807) is 49.8 Å². The summed E-state index contributed by atoms with van der Waals surface area (Å²) >= 11 is 0. The zero-order valence-electron chi connectivity index (χ0n) is 18.5. The number of nitrogens with one attached hydrogen (secondary N) is 1. The van der Waals surface area contributed by atoms with Gasteiger partial charge in [0.2, 0.25) is 0 Å². The number of benzene rings is 1. The second-order valence-electron chi connectivity index (χ2n) is 8.24. The van der Waals surface area contributed by atoms with Crippen LogP contribution in [0.15, 0.2) is 42.7 Å². The molecular weight excluding hydrogens is 410 g/mol. The van der Waals surface area contributed by atoms with E-state index in [9.17, 15) is 9.59 Å². The summed E-state index contributed by atoms with van der Waals surface area (Å²) in [5.74, 6) is 0.756. The van der Waals surface area contributed by atoms with Gasteiger partial charge >= 0.3 is 0 Å². The van der Waals surface area contributed by atoms with Gasteiger partial charge in [-0.15, -0.1) is 0 Å². The smallest absolute Gasteiger partial charge is 0.255 e. The van der Waals surface area contributed by atoms with E-state index in [-0.39, 0.29) is 23.5 Å². The average molecular weight is 440 g/mol. The highest BCUT2D eigenvalue weighted by molar-refractivity contribution is 5.97. The summed E-state index contributed by atoms with van der Waals surface area (Å²) in [7, 11) is 3.06. The lowest BCUT2D eigenvalue weighted by Crippen LogP contribution is -2.47. The number of hydrogen-bond donors (Lipinski definition) is 1. The lowest BCUT2D eigenvalue weighted by Gasteiger charge is -2.39. The number of carbonyl (C=O) groups is 2. The number of ether oxygens (including phenoxy) is 3. The van der Waals surface area contributed by atoms with Crippen molar-refractivity contribution in [3.63, 3.8) is 0 Å². The molecule has 1 N–H and O–H groups in total. The first-order chi connectivity index (χ1) is 15.5. The zero-order chi connectivity index (χ0) is 22.6. The van der Waals surface area contributed by atoms with Crippen LogP contribution in [-0.4, -0.2) is 67.3 Å². The molecule has 0 saturated carbocycles. The third-order valence-corrected chi connectivity index (χ3v) is 6.37. The molecule has 2 amide bonds. The SMILES string of the molecule is COc1cccc(C(=O)NC[C@H]2CCC3(CCN(C(=O)c4ccncc4)CC3)O2)c1OC. The van der Waals surface area contributed by atoms with Crippen LogP contribution in [0, 0.1) is 0 Å². The zero-order valence-corrected chi connectivity index (χ0v) is 18.5. The molecule has 1 spiro atoms. The molecule has 2 aromatic rings. The minimum absolute atomic E-state index is 0.0382. The van der Waals surface area contributed by atoms with Crippen molar-refractivity contribution in [2.75, 3.05) is 33.9 Å². The van der Waals surface area contributed by atoms with Gasteiger partial charge in [0.1, 0.15) is 0 Å². The Morgan fingerprint density at radius 1 is 1.12 bits per heavy atom. The van der Waals surface area contributed by atoms with E-state index in [4.69, 9.17) is 14.2 Å². The highest BCUT2D eigenvalue weighted by Crippen LogP contribution is 2.39. The van der Waals surface area contributed by atoms with Crippen LogP contribution in [0.4, 0.5) is 0 Å². The maximum Gasteiger partial charge on any atom is 0.255 e. The fraction of sp³-hybridized carbons (Fsp3) is 0.458. The first-order valence-corrected chi connectivity index (χ1v) is 10.9. The molecule has 0 radical (unpaired) electrons. The molecule has 0 aliphatic carbocycles. The summed E-state index contributed by atoms with van der Waals surface area (Å²) in [6, 6.07) is 8.72. The molecular formula is C24H29N3O5. The highest BCUT2D eigenvalue weighted by Gasteiger charge is 2.43. The molecule has 3 heterocycles. The molecule has 1 atom stereocenters. The lowest BCUT2D eigenvalue weighted by atomic mass is 9.88. The number of para-hydroxylation sites is 1. The maximum atomic E-state index is 12.7. The van der Waals surface area contributed by atoms with Crippen molar-refractivity contribution in [2.24, 2.45) is 0 Å². The second kappa shape index (κ2) is 9.56. The minimum atomic E-state index is -0.219. The van der Waals surface area contributed by atoms with Crippen LogP contribution in [0.5, 0.6) is 11.5 Å². The third kappa shape index (κ3) is 4.55. The van der Waals surface area contributed by atoms with Crippen molar-refractivity contribution >= 4 is 11.8 Å². The van der Waals surface area contributed by atoms with Crippen molar-refractivity contribution in [3.8, 4) is 11.5 Å².